The van der Waals surface area contributed by atoms with E-state index in [1.54, 1.807) is 14.2 Å². The maximum atomic E-state index is 4.80. The Hall–Kier alpha value is 0.270. The molecule has 0 spiro atoms. The van der Waals surface area contributed by atoms with Gasteiger partial charge >= 0.3 is 0 Å². The van der Waals surface area contributed by atoms with Gasteiger partial charge in [-0.15, -0.1) is 0 Å². The molecule has 0 aliphatic heterocycles. The van der Waals surface area contributed by atoms with E-state index in [2.05, 4.69) is 61.6 Å². The largest absolute Gasteiger partial charge is 0.384 e. The van der Waals surface area contributed by atoms with Crippen LogP contribution in [-0.2, 0) is 9.47 Å². The fourth-order valence-electron chi connectivity index (χ4n) is 1.45. The predicted molar refractivity (Wildman–Crippen MR) is 112 cm³/mol. The van der Waals surface area contributed by atoms with Crippen LogP contribution in [0.25, 0.3) is 0 Å². The van der Waals surface area contributed by atoms with Crippen molar-refractivity contribution in [2.75, 3.05) is 39.4 Å². The maximum Gasteiger partial charge on any atom is 0.0485 e. The summed E-state index contributed by atoms with van der Waals surface area (Å²) in [5.41, 5.74) is 0. The zero-order valence-electron chi connectivity index (χ0n) is 18.2. The third-order valence-corrected chi connectivity index (χ3v) is 3.09. The summed E-state index contributed by atoms with van der Waals surface area (Å²) in [7, 11) is 3.44. The minimum Gasteiger partial charge on any atom is -0.384 e. The third-order valence-electron chi connectivity index (χ3n) is 2.27. The lowest BCUT2D eigenvalue weighted by atomic mass is 10.1. The molecule has 23 heavy (non-hydrogen) atoms. The molecule has 0 aromatic rings. The summed E-state index contributed by atoms with van der Waals surface area (Å²) < 4.78 is 9.61. The van der Waals surface area contributed by atoms with Gasteiger partial charge in [0, 0.05) is 27.4 Å². The van der Waals surface area contributed by atoms with Gasteiger partial charge in [0.15, 0.2) is 0 Å². The first-order chi connectivity index (χ1) is 10.7. The normalized spacial score (nSPS) is 9.65. The summed E-state index contributed by atoms with van der Waals surface area (Å²) in [6.45, 7) is 19.2. The van der Waals surface area contributed by atoms with Crippen molar-refractivity contribution in [3.8, 4) is 0 Å². The SMILES string of the molecule is CCCC(C)C.CCCSC.COCC(C)C.COCC(C)C. The molecule has 0 rings (SSSR count). The molecule has 3 heteroatoms. The van der Waals surface area contributed by atoms with E-state index in [0.29, 0.717) is 11.8 Å². The maximum absolute atomic E-state index is 4.80. The van der Waals surface area contributed by atoms with Gasteiger partial charge in [-0.3, -0.25) is 0 Å². The van der Waals surface area contributed by atoms with E-state index in [4.69, 9.17) is 9.47 Å². The first kappa shape index (κ1) is 31.1. The number of ether oxygens (including phenoxy) is 2. The van der Waals surface area contributed by atoms with Crippen LogP contribution in [-0.4, -0.2) is 39.4 Å². The quantitative estimate of drug-likeness (QED) is 0.479. The van der Waals surface area contributed by atoms with E-state index in [1.165, 1.54) is 25.0 Å². The third kappa shape index (κ3) is 72.0. The van der Waals surface area contributed by atoms with Gasteiger partial charge in [0.2, 0.25) is 0 Å². The highest BCUT2D eigenvalue weighted by molar-refractivity contribution is 7.98. The number of methoxy groups -OCH3 is 2. The summed E-state index contributed by atoms with van der Waals surface area (Å²) in [6.07, 6.45) is 6.14. The van der Waals surface area contributed by atoms with Crippen LogP contribution in [0.3, 0.4) is 0 Å². The molecule has 0 fully saturated rings. The number of hydrogen-bond donors (Lipinski definition) is 0. The van der Waals surface area contributed by atoms with Crippen molar-refractivity contribution in [3.63, 3.8) is 0 Å². The monoisotopic (exact) mass is 352 g/mol. The van der Waals surface area contributed by atoms with Crippen molar-refractivity contribution in [2.45, 2.75) is 74.7 Å². The van der Waals surface area contributed by atoms with E-state index in [0.717, 1.165) is 19.1 Å². The molecule has 0 bridgehead atoms. The lowest BCUT2D eigenvalue weighted by molar-refractivity contribution is 0.167. The highest BCUT2D eigenvalue weighted by Crippen LogP contribution is 2.00. The van der Waals surface area contributed by atoms with Crippen molar-refractivity contribution in [3.05, 3.63) is 0 Å². The van der Waals surface area contributed by atoms with Gasteiger partial charge in [-0.2, -0.15) is 11.8 Å². The zero-order chi connectivity index (χ0) is 19.1. The zero-order valence-corrected chi connectivity index (χ0v) is 19.0. The molecule has 2 nitrogen and oxygen atoms in total. The summed E-state index contributed by atoms with van der Waals surface area (Å²) >= 11 is 1.90. The molecule has 146 valence electrons. The second kappa shape index (κ2) is 30.2. The summed E-state index contributed by atoms with van der Waals surface area (Å²) in [5, 5.41) is 0. The molecule has 0 unspecified atom stereocenters. The van der Waals surface area contributed by atoms with Gasteiger partial charge < -0.3 is 9.47 Å². The minimum absolute atomic E-state index is 0.676. The molecule has 0 atom stereocenters. The Morgan fingerprint density at radius 2 is 1.09 bits per heavy atom. The topological polar surface area (TPSA) is 18.5 Å². The van der Waals surface area contributed by atoms with Crippen LogP contribution in [0.5, 0.6) is 0 Å². The Balaban J connectivity index is -0.000000105. The van der Waals surface area contributed by atoms with E-state index in [-0.39, 0.29) is 0 Å². The highest BCUT2D eigenvalue weighted by Gasteiger charge is 1.86. The molecule has 0 heterocycles. The molecule has 0 aliphatic rings. The van der Waals surface area contributed by atoms with E-state index >= 15 is 0 Å². The van der Waals surface area contributed by atoms with E-state index in [1.807, 2.05) is 11.8 Å². The summed E-state index contributed by atoms with van der Waals surface area (Å²) in [4.78, 5) is 0. The van der Waals surface area contributed by atoms with Crippen molar-refractivity contribution in [1.29, 1.82) is 0 Å². The van der Waals surface area contributed by atoms with Crippen LogP contribution in [0.15, 0.2) is 0 Å². The Labute approximate surface area is 153 Å². The molecule has 0 N–H and O–H groups in total. The van der Waals surface area contributed by atoms with Crippen LogP contribution in [0, 0.1) is 17.8 Å². The lowest BCUT2D eigenvalue weighted by Crippen LogP contribution is -1.96. The average Bonchev–Trinajstić information content (AvgIpc) is 2.41. The Kier molecular flexibility index (Phi) is 40.8. The summed E-state index contributed by atoms with van der Waals surface area (Å²) in [5.74, 6) is 3.56. The number of hydrogen-bond acceptors (Lipinski definition) is 3. The van der Waals surface area contributed by atoms with Crippen LogP contribution in [0.2, 0.25) is 0 Å². The molecule has 0 saturated carbocycles. The molecule has 0 saturated heterocycles. The second-order valence-corrected chi connectivity index (χ2v) is 7.86. The second-order valence-electron chi connectivity index (χ2n) is 6.87. The molecule has 0 aliphatic carbocycles. The van der Waals surface area contributed by atoms with Crippen LogP contribution < -0.4 is 0 Å². The Morgan fingerprint density at radius 1 is 0.696 bits per heavy atom. The van der Waals surface area contributed by atoms with Gasteiger partial charge in [0.25, 0.3) is 0 Å². The van der Waals surface area contributed by atoms with Gasteiger partial charge in [-0.1, -0.05) is 68.2 Å². The van der Waals surface area contributed by atoms with Gasteiger partial charge in [-0.25, -0.2) is 0 Å². The summed E-state index contributed by atoms with van der Waals surface area (Å²) in [6, 6.07) is 0. The predicted octanol–water partition coefficient (Wildman–Crippen LogP) is 6.78. The van der Waals surface area contributed by atoms with Crippen LogP contribution in [0.4, 0.5) is 0 Å². The smallest absolute Gasteiger partial charge is 0.0485 e. The first-order valence-corrected chi connectivity index (χ1v) is 10.6. The standard InChI is InChI=1S/C6H14.2C5H12O.C4H10S/c1-4-5-6(2)3;2*1-5(2)4-6-3;1-3-4-5-2/h6H,4-5H2,1-3H3;2*5H,4H2,1-3H3;3-4H2,1-2H3. The first-order valence-electron chi connectivity index (χ1n) is 9.19. The molecule has 0 aromatic heterocycles. The van der Waals surface area contributed by atoms with Gasteiger partial charge in [0.1, 0.15) is 0 Å². The Morgan fingerprint density at radius 3 is 1.09 bits per heavy atom. The highest BCUT2D eigenvalue weighted by atomic mass is 32.2. The molecule has 0 amide bonds. The minimum atomic E-state index is 0.676. The molecule has 0 aromatic carbocycles. The van der Waals surface area contributed by atoms with Crippen molar-refractivity contribution in [2.24, 2.45) is 17.8 Å². The Bertz CT molecular complexity index is 134. The molecular formula is C20H48O2S. The fourth-order valence-corrected chi connectivity index (χ4v) is 1.86. The van der Waals surface area contributed by atoms with E-state index < -0.39 is 0 Å². The van der Waals surface area contributed by atoms with Crippen molar-refractivity contribution >= 4 is 11.8 Å². The van der Waals surface area contributed by atoms with Crippen LogP contribution in [0.1, 0.15) is 74.7 Å². The van der Waals surface area contributed by atoms with Gasteiger partial charge in [-0.05, 0) is 36.2 Å². The average molecular weight is 353 g/mol. The van der Waals surface area contributed by atoms with Crippen molar-refractivity contribution < 1.29 is 9.47 Å². The van der Waals surface area contributed by atoms with Crippen molar-refractivity contribution in [1.82, 2.24) is 0 Å². The van der Waals surface area contributed by atoms with E-state index in [9.17, 15) is 0 Å². The number of thioether (sulfide) groups is 1. The number of rotatable bonds is 8. The molecular weight excluding hydrogens is 304 g/mol. The lowest BCUT2D eigenvalue weighted by Gasteiger charge is -1.97. The van der Waals surface area contributed by atoms with Crippen LogP contribution >= 0.6 is 11.8 Å². The molecule has 0 radical (unpaired) electrons. The fraction of sp³-hybridized carbons (Fsp3) is 1.00. The van der Waals surface area contributed by atoms with Gasteiger partial charge in [0.05, 0.1) is 0 Å².